The third kappa shape index (κ3) is 8.52. The van der Waals surface area contributed by atoms with Crippen LogP contribution in [0.5, 0.6) is 5.75 Å². The lowest BCUT2D eigenvalue weighted by atomic mass is 10.1. The van der Waals surface area contributed by atoms with Gasteiger partial charge < -0.3 is 20.2 Å². The van der Waals surface area contributed by atoms with Gasteiger partial charge in [-0.25, -0.2) is 0 Å². The van der Waals surface area contributed by atoms with Gasteiger partial charge in [0.2, 0.25) is 17.8 Å². The minimum atomic E-state index is 0.272. The highest BCUT2D eigenvalue weighted by atomic mass is 35.5. The van der Waals surface area contributed by atoms with Gasteiger partial charge in [0, 0.05) is 70.3 Å². The molecule has 1 aliphatic rings. The highest BCUT2D eigenvalue weighted by Gasteiger charge is 2.21. The van der Waals surface area contributed by atoms with Crippen molar-refractivity contribution in [1.29, 1.82) is 0 Å². The van der Waals surface area contributed by atoms with E-state index in [4.69, 9.17) is 26.6 Å². The number of hydrogen-bond acceptors (Lipinski definition) is 9. The number of hydrogen-bond donors (Lipinski definition) is 2. The normalized spacial score (nSPS) is 13.8. The molecule has 1 fully saturated rings. The summed E-state index contributed by atoms with van der Waals surface area (Å²) in [5.74, 6) is 2.22. The SMILES string of the molecule is CN(CCCc1ccc(Cl)cc1)c1nc(NCCc2ccc(O)cc2)nc(N2CCN(Cc3ccncc3)CC2)n1. The number of nitrogens with zero attached hydrogens (tertiary/aromatic N) is 7. The molecular weight excluding hydrogens is 536 g/mol. The molecule has 5 rings (SSSR count). The van der Waals surface area contributed by atoms with Crippen LogP contribution in [0.2, 0.25) is 5.02 Å². The number of phenolic OH excluding ortho intramolecular Hbond substituents is 1. The van der Waals surface area contributed by atoms with Gasteiger partial charge >= 0.3 is 0 Å². The highest BCUT2D eigenvalue weighted by molar-refractivity contribution is 6.30. The number of benzene rings is 2. The largest absolute Gasteiger partial charge is 0.508 e. The van der Waals surface area contributed by atoms with Crippen LogP contribution in [0.3, 0.4) is 0 Å². The number of phenols is 1. The van der Waals surface area contributed by atoms with Gasteiger partial charge in [-0.15, -0.1) is 0 Å². The van der Waals surface area contributed by atoms with Crippen molar-refractivity contribution in [3.63, 3.8) is 0 Å². The van der Waals surface area contributed by atoms with Crippen LogP contribution in [0.25, 0.3) is 0 Å². The molecule has 0 saturated carbocycles. The molecular formula is C31H37ClN8O. The van der Waals surface area contributed by atoms with Crippen molar-refractivity contribution in [3.8, 4) is 5.75 Å². The zero-order chi connectivity index (χ0) is 28.4. The number of pyridine rings is 1. The van der Waals surface area contributed by atoms with Crippen molar-refractivity contribution in [2.75, 3.05) is 61.4 Å². The van der Waals surface area contributed by atoms with E-state index in [1.165, 1.54) is 11.1 Å². The summed E-state index contributed by atoms with van der Waals surface area (Å²) in [6.45, 7) is 5.98. The average Bonchev–Trinajstić information content (AvgIpc) is 3.00. The summed E-state index contributed by atoms with van der Waals surface area (Å²) < 4.78 is 0. The van der Waals surface area contributed by atoms with Gasteiger partial charge in [-0.1, -0.05) is 35.9 Å². The van der Waals surface area contributed by atoms with Crippen LogP contribution in [0, 0.1) is 0 Å². The van der Waals surface area contributed by atoms with Crippen molar-refractivity contribution in [2.45, 2.75) is 25.8 Å². The molecule has 0 atom stereocenters. The van der Waals surface area contributed by atoms with Crippen LogP contribution in [0.15, 0.2) is 73.1 Å². The summed E-state index contributed by atoms with van der Waals surface area (Å²) in [7, 11) is 2.04. The van der Waals surface area contributed by atoms with Crippen molar-refractivity contribution in [3.05, 3.63) is 94.8 Å². The summed E-state index contributed by atoms with van der Waals surface area (Å²) in [5, 5.41) is 13.7. The molecule has 0 aliphatic carbocycles. The molecule has 2 aromatic heterocycles. The number of aromatic hydroxyl groups is 1. The van der Waals surface area contributed by atoms with Gasteiger partial charge in [0.15, 0.2) is 0 Å². The average molecular weight is 573 g/mol. The second kappa shape index (κ2) is 14.1. The van der Waals surface area contributed by atoms with E-state index in [0.29, 0.717) is 24.4 Å². The third-order valence-corrected chi connectivity index (χ3v) is 7.52. The number of rotatable bonds is 12. The predicted molar refractivity (Wildman–Crippen MR) is 165 cm³/mol. The van der Waals surface area contributed by atoms with Gasteiger partial charge in [-0.3, -0.25) is 9.88 Å². The molecule has 1 saturated heterocycles. The first-order valence-corrected chi connectivity index (χ1v) is 14.5. The monoisotopic (exact) mass is 572 g/mol. The Labute approximate surface area is 246 Å². The third-order valence-electron chi connectivity index (χ3n) is 7.27. The maximum absolute atomic E-state index is 9.56. The van der Waals surface area contributed by atoms with E-state index >= 15 is 0 Å². The molecule has 0 amide bonds. The van der Waals surface area contributed by atoms with E-state index in [1.54, 1.807) is 12.1 Å². The Kier molecular flexibility index (Phi) is 9.82. The smallest absolute Gasteiger partial charge is 0.232 e. The number of nitrogens with one attached hydrogen (secondary N) is 1. The lowest BCUT2D eigenvalue weighted by Crippen LogP contribution is -2.46. The summed E-state index contributed by atoms with van der Waals surface area (Å²) in [6, 6.07) is 19.5. The van der Waals surface area contributed by atoms with Crippen molar-refractivity contribution in [2.24, 2.45) is 0 Å². The first-order chi connectivity index (χ1) is 20.0. The van der Waals surface area contributed by atoms with E-state index < -0.39 is 0 Å². The van der Waals surface area contributed by atoms with Gasteiger partial charge in [0.05, 0.1) is 0 Å². The first-order valence-electron chi connectivity index (χ1n) is 14.1. The molecule has 2 N–H and O–H groups in total. The second-order valence-corrected chi connectivity index (χ2v) is 10.8. The molecule has 214 valence electrons. The van der Waals surface area contributed by atoms with Crippen molar-refractivity contribution < 1.29 is 5.11 Å². The van der Waals surface area contributed by atoms with Gasteiger partial charge in [-0.05, 0) is 72.4 Å². The number of aromatic nitrogens is 4. The maximum atomic E-state index is 9.56. The fourth-order valence-electron chi connectivity index (χ4n) is 4.85. The summed E-state index contributed by atoms with van der Waals surface area (Å²) >= 11 is 6.04. The lowest BCUT2D eigenvalue weighted by Gasteiger charge is -2.35. The standard InChI is InChI=1S/C31H37ClN8O/c1-38(18-2-3-24-4-8-27(32)9-5-24)30-35-29(34-17-14-25-6-10-28(41)11-7-25)36-31(37-30)40-21-19-39(20-22-40)23-26-12-15-33-16-13-26/h4-13,15-16,41H,2-3,14,17-23H2,1H3,(H,34,35,36,37). The minimum absolute atomic E-state index is 0.272. The van der Waals surface area contributed by atoms with E-state index in [2.05, 4.69) is 49.3 Å². The van der Waals surface area contributed by atoms with Crippen LogP contribution in [-0.2, 0) is 19.4 Å². The van der Waals surface area contributed by atoms with Gasteiger partial charge in [0.1, 0.15) is 5.75 Å². The highest BCUT2D eigenvalue weighted by Crippen LogP contribution is 2.20. The molecule has 0 unspecified atom stereocenters. The molecule has 1 aliphatic heterocycles. The molecule has 41 heavy (non-hydrogen) atoms. The van der Waals surface area contributed by atoms with Crippen LogP contribution in [0.1, 0.15) is 23.1 Å². The minimum Gasteiger partial charge on any atom is -0.508 e. The van der Waals surface area contributed by atoms with Crippen LogP contribution >= 0.6 is 11.6 Å². The predicted octanol–water partition coefficient (Wildman–Crippen LogP) is 4.67. The van der Waals surface area contributed by atoms with Gasteiger partial charge in [-0.2, -0.15) is 15.0 Å². The number of halogens is 1. The van der Waals surface area contributed by atoms with E-state index in [0.717, 1.165) is 69.1 Å². The summed E-state index contributed by atoms with van der Waals surface area (Å²) in [4.78, 5) is 25.4. The Morgan fingerprint density at radius 1 is 0.829 bits per heavy atom. The Morgan fingerprint density at radius 2 is 1.51 bits per heavy atom. The molecule has 9 nitrogen and oxygen atoms in total. The number of aryl methyl sites for hydroxylation is 1. The molecule has 0 bridgehead atoms. The quantitative estimate of drug-likeness (QED) is 0.251. The number of piperazine rings is 1. The topological polar surface area (TPSA) is 93.5 Å². The molecule has 0 radical (unpaired) electrons. The van der Waals surface area contributed by atoms with E-state index in [9.17, 15) is 5.11 Å². The number of anilines is 3. The molecule has 3 heterocycles. The second-order valence-electron chi connectivity index (χ2n) is 10.4. The fraction of sp³-hybridized carbons (Fsp3) is 0.355. The zero-order valence-electron chi connectivity index (χ0n) is 23.5. The lowest BCUT2D eigenvalue weighted by molar-refractivity contribution is 0.248. The van der Waals surface area contributed by atoms with Crippen molar-refractivity contribution >= 4 is 29.4 Å². The maximum Gasteiger partial charge on any atom is 0.232 e. The molecule has 0 spiro atoms. The molecule has 4 aromatic rings. The Morgan fingerprint density at radius 3 is 2.24 bits per heavy atom. The van der Waals surface area contributed by atoms with Crippen LogP contribution in [0.4, 0.5) is 17.8 Å². The Hall–Kier alpha value is -3.95. The Balaban J connectivity index is 1.24. The first kappa shape index (κ1) is 28.6. The summed E-state index contributed by atoms with van der Waals surface area (Å²) in [6.07, 6.45) is 6.41. The molecule has 2 aromatic carbocycles. The fourth-order valence-corrected chi connectivity index (χ4v) is 4.98. The van der Waals surface area contributed by atoms with Crippen LogP contribution in [-0.4, -0.2) is 76.3 Å². The van der Waals surface area contributed by atoms with E-state index in [-0.39, 0.29) is 5.75 Å². The molecule has 10 heteroatoms. The Bertz CT molecular complexity index is 1360. The van der Waals surface area contributed by atoms with Crippen LogP contribution < -0.4 is 15.1 Å². The zero-order valence-corrected chi connectivity index (χ0v) is 24.2. The summed E-state index contributed by atoms with van der Waals surface area (Å²) in [5.41, 5.74) is 3.67. The van der Waals surface area contributed by atoms with Gasteiger partial charge in [0.25, 0.3) is 0 Å². The van der Waals surface area contributed by atoms with Crippen molar-refractivity contribution in [1.82, 2.24) is 24.8 Å². The van der Waals surface area contributed by atoms with E-state index in [1.807, 2.05) is 43.7 Å².